The zero-order valence-corrected chi connectivity index (χ0v) is 15.8. The van der Waals surface area contributed by atoms with Crippen molar-refractivity contribution in [2.45, 2.75) is 12.8 Å². The molecule has 0 aromatic heterocycles. The third-order valence-corrected chi connectivity index (χ3v) is 4.97. The maximum absolute atomic E-state index is 5.99. The van der Waals surface area contributed by atoms with Crippen LogP contribution in [-0.4, -0.2) is 0 Å². The van der Waals surface area contributed by atoms with Crippen LogP contribution in [0.4, 0.5) is 0 Å². The Morgan fingerprint density at radius 2 is 1.39 bits per heavy atom. The van der Waals surface area contributed by atoms with Crippen LogP contribution < -0.4 is 10.3 Å². The number of allylic oxidation sites excluding steroid dienone is 2. The Balaban J connectivity index is 2.05. The second-order valence-corrected chi connectivity index (χ2v) is 6.75. The van der Waals surface area contributed by atoms with Crippen LogP contribution in [0.5, 0.6) is 5.75 Å². The molecule has 3 aromatic carbocycles. The average Bonchev–Trinajstić information content (AvgIpc) is 2.76. The summed E-state index contributed by atoms with van der Waals surface area (Å²) in [7, 11) is 0. The molecule has 0 amide bonds. The molecule has 3 aromatic rings. The van der Waals surface area contributed by atoms with Gasteiger partial charge in [0.1, 0.15) is 0 Å². The fraction of sp³-hybridized carbons (Fsp3) is 0.0769. The number of fused-ring (bicyclic) bond motifs is 1. The second-order valence-electron chi connectivity index (χ2n) is 6.75. The van der Waals surface area contributed by atoms with Gasteiger partial charge in [-0.3, -0.25) is 0 Å². The van der Waals surface area contributed by atoms with Gasteiger partial charge in [0.25, 0.3) is 0 Å². The van der Waals surface area contributed by atoms with E-state index in [4.69, 9.17) is 4.84 Å². The van der Waals surface area contributed by atoms with Crippen molar-refractivity contribution >= 4 is 11.3 Å². The molecule has 0 unspecified atom stereocenters. The second kappa shape index (κ2) is 8.01. The topological polar surface area (TPSA) is 21.3 Å². The largest absolute Gasteiger partial charge is 0.381 e. The van der Waals surface area contributed by atoms with Crippen molar-refractivity contribution in [3.63, 3.8) is 0 Å². The van der Waals surface area contributed by atoms with Gasteiger partial charge in [0, 0.05) is 16.7 Å². The Morgan fingerprint density at radius 1 is 0.750 bits per heavy atom. The lowest BCUT2D eigenvalue weighted by molar-refractivity contribution is 0.248. The van der Waals surface area contributed by atoms with Crippen LogP contribution in [0.2, 0.25) is 0 Å². The average molecular weight is 365 g/mol. The monoisotopic (exact) mass is 365 g/mol. The first-order chi connectivity index (χ1) is 13.8. The van der Waals surface area contributed by atoms with Crippen LogP contribution in [0.1, 0.15) is 27.8 Å². The highest BCUT2D eigenvalue weighted by atomic mass is 16.6. The molecule has 0 radical (unpaired) electrons. The molecule has 0 spiro atoms. The molecule has 0 saturated heterocycles. The molecule has 28 heavy (non-hydrogen) atoms. The van der Waals surface area contributed by atoms with Gasteiger partial charge in [0.05, 0.1) is 5.70 Å². The van der Waals surface area contributed by atoms with E-state index in [0.29, 0.717) is 0 Å². The minimum Gasteiger partial charge on any atom is -0.381 e. The summed E-state index contributed by atoms with van der Waals surface area (Å²) in [4.78, 5) is 5.99. The van der Waals surface area contributed by atoms with E-state index in [1.165, 1.54) is 11.1 Å². The Hall–Kier alpha value is -3.52. The van der Waals surface area contributed by atoms with Gasteiger partial charge in [-0.1, -0.05) is 78.9 Å². The fourth-order valence-electron chi connectivity index (χ4n) is 3.74. The van der Waals surface area contributed by atoms with Crippen LogP contribution in [0.25, 0.3) is 11.3 Å². The van der Waals surface area contributed by atoms with E-state index in [9.17, 15) is 0 Å². The molecule has 0 atom stereocenters. The zero-order valence-electron chi connectivity index (χ0n) is 15.8. The number of rotatable bonds is 6. The summed E-state index contributed by atoms with van der Waals surface area (Å²) in [5.74, 6) is 0.836. The van der Waals surface area contributed by atoms with Crippen molar-refractivity contribution in [3.05, 3.63) is 126 Å². The van der Waals surface area contributed by atoms with E-state index in [-0.39, 0.29) is 0 Å². The SMILES string of the molecule is C=CCc1ccc2c(c1CC=C)C(c1ccccc1)=C(c1ccccc1)NO2. The zero-order chi connectivity index (χ0) is 19.3. The Kier molecular flexibility index (Phi) is 5.11. The quantitative estimate of drug-likeness (QED) is 0.544. The summed E-state index contributed by atoms with van der Waals surface area (Å²) < 4.78 is 0. The molecule has 4 rings (SSSR count). The Labute approximate surface area is 166 Å². The number of nitrogens with one attached hydrogen (secondary N) is 1. The standard InChI is InChI=1S/C26H23NO/c1-3-11-19-17-18-23-25(22(19)12-4-2)24(20-13-7-5-8-14-20)26(27-28-23)21-15-9-6-10-16-21/h3-10,13-18,27H,1-2,11-12H2. The third kappa shape index (κ3) is 3.25. The molecule has 1 N–H and O–H groups in total. The lowest BCUT2D eigenvalue weighted by atomic mass is 9.85. The van der Waals surface area contributed by atoms with Crippen LogP contribution in [-0.2, 0) is 12.8 Å². The van der Waals surface area contributed by atoms with E-state index in [2.05, 4.69) is 61.1 Å². The minimum absolute atomic E-state index is 0.772. The first-order valence-electron chi connectivity index (χ1n) is 9.48. The summed E-state index contributed by atoms with van der Waals surface area (Å²) in [6.07, 6.45) is 5.48. The maximum Gasteiger partial charge on any atom is 0.163 e. The first kappa shape index (κ1) is 17.9. The number of hydrogen-bond donors (Lipinski definition) is 1. The normalized spacial score (nSPS) is 12.6. The Morgan fingerprint density at radius 3 is 2.04 bits per heavy atom. The minimum atomic E-state index is 0.772. The van der Waals surface area contributed by atoms with Crippen LogP contribution in [0.3, 0.4) is 0 Å². The van der Waals surface area contributed by atoms with Gasteiger partial charge in [0.15, 0.2) is 5.75 Å². The van der Waals surface area contributed by atoms with Gasteiger partial charge in [-0.15, -0.1) is 13.2 Å². The molecule has 2 heteroatoms. The summed E-state index contributed by atoms with van der Waals surface area (Å²) in [6, 6.07) is 24.9. The van der Waals surface area contributed by atoms with Gasteiger partial charge in [-0.25, -0.2) is 5.48 Å². The molecule has 0 saturated carbocycles. The molecule has 0 bridgehead atoms. The molecular formula is C26H23NO. The van der Waals surface area contributed by atoms with Crippen molar-refractivity contribution in [2.24, 2.45) is 0 Å². The molecule has 1 aliphatic rings. The number of hydroxylamine groups is 1. The highest BCUT2D eigenvalue weighted by Crippen LogP contribution is 2.42. The van der Waals surface area contributed by atoms with Crippen molar-refractivity contribution < 1.29 is 4.84 Å². The van der Waals surface area contributed by atoms with E-state index in [1.807, 2.05) is 42.5 Å². The number of hydrogen-bond acceptors (Lipinski definition) is 2. The van der Waals surface area contributed by atoms with Crippen LogP contribution in [0, 0.1) is 0 Å². The summed E-state index contributed by atoms with van der Waals surface area (Å²) in [5.41, 5.74) is 11.2. The summed E-state index contributed by atoms with van der Waals surface area (Å²) in [5, 5.41) is 0. The summed E-state index contributed by atoms with van der Waals surface area (Å²) >= 11 is 0. The highest BCUT2D eigenvalue weighted by Gasteiger charge is 2.26. The molecule has 1 aliphatic heterocycles. The van der Waals surface area contributed by atoms with Crippen LogP contribution in [0.15, 0.2) is 98.1 Å². The van der Waals surface area contributed by atoms with Crippen molar-refractivity contribution in [2.75, 3.05) is 0 Å². The molecule has 0 fully saturated rings. The van der Waals surface area contributed by atoms with E-state index < -0.39 is 0 Å². The van der Waals surface area contributed by atoms with Crippen molar-refractivity contribution in [1.82, 2.24) is 5.48 Å². The fourth-order valence-corrected chi connectivity index (χ4v) is 3.74. The van der Waals surface area contributed by atoms with E-state index in [1.54, 1.807) is 0 Å². The van der Waals surface area contributed by atoms with E-state index in [0.717, 1.165) is 46.6 Å². The van der Waals surface area contributed by atoms with E-state index >= 15 is 0 Å². The summed E-state index contributed by atoms with van der Waals surface area (Å²) in [6.45, 7) is 7.91. The predicted octanol–water partition coefficient (Wildman–Crippen LogP) is 5.96. The first-order valence-corrected chi connectivity index (χ1v) is 9.48. The lowest BCUT2D eigenvalue weighted by Gasteiger charge is -2.28. The molecule has 2 nitrogen and oxygen atoms in total. The number of benzene rings is 3. The van der Waals surface area contributed by atoms with Crippen LogP contribution >= 0.6 is 0 Å². The smallest absolute Gasteiger partial charge is 0.163 e. The predicted molar refractivity (Wildman–Crippen MR) is 117 cm³/mol. The maximum atomic E-state index is 5.99. The highest BCUT2D eigenvalue weighted by molar-refractivity contribution is 6.01. The molecule has 0 aliphatic carbocycles. The van der Waals surface area contributed by atoms with Gasteiger partial charge < -0.3 is 4.84 Å². The van der Waals surface area contributed by atoms with Gasteiger partial charge in [0.2, 0.25) is 0 Å². The molecule has 138 valence electrons. The van der Waals surface area contributed by atoms with Crippen molar-refractivity contribution in [1.29, 1.82) is 0 Å². The van der Waals surface area contributed by atoms with Gasteiger partial charge in [-0.2, -0.15) is 0 Å². The van der Waals surface area contributed by atoms with Crippen molar-refractivity contribution in [3.8, 4) is 5.75 Å². The Bertz CT molecular complexity index is 1030. The molecule has 1 heterocycles. The van der Waals surface area contributed by atoms with Gasteiger partial charge >= 0.3 is 0 Å². The van der Waals surface area contributed by atoms with Gasteiger partial charge in [-0.05, 0) is 35.6 Å². The molecular weight excluding hydrogens is 342 g/mol. The third-order valence-electron chi connectivity index (χ3n) is 4.97. The lowest BCUT2D eigenvalue weighted by Crippen LogP contribution is -2.24.